The van der Waals surface area contributed by atoms with Gasteiger partial charge in [0.25, 0.3) is 0 Å². The minimum Gasteiger partial charge on any atom is -0.478 e. The van der Waals surface area contributed by atoms with Gasteiger partial charge in [0.1, 0.15) is 0 Å². The highest BCUT2D eigenvalue weighted by Gasteiger charge is 2.70. The number of aliphatic carboxylic acids is 1. The van der Waals surface area contributed by atoms with Crippen LogP contribution >= 0.6 is 27.7 Å². The normalized spacial score (nSPS) is 44.0. The molecular weight excluding hydrogens is 584 g/mol. The fourth-order valence-corrected chi connectivity index (χ4v) is 12.1. The Balaban J connectivity index is 1.79. The van der Waals surface area contributed by atoms with Gasteiger partial charge in [-0.2, -0.15) is 11.8 Å². The molecule has 3 N–H and O–H groups in total. The first-order valence-electron chi connectivity index (χ1n) is 15.8. The molecule has 4 saturated carbocycles. The first kappa shape index (κ1) is 32.6. The Labute approximate surface area is 256 Å². The maximum atomic E-state index is 12.9. The summed E-state index contributed by atoms with van der Waals surface area (Å²) in [6.45, 7) is 18.2. The summed E-state index contributed by atoms with van der Waals surface area (Å²) in [6.07, 6.45) is 7.22. The van der Waals surface area contributed by atoms with E-state index in [2.05, 4.69) is 71.3 Å². The van der Waals surface area contributed by atoms with Crippen LogP contribution in [0.3, 0.4) is 0 Å². The van der Waals surface area contributed by atoms with E-state index in [0.717, 1.165) is 54.3 Å². The van der Waals surface area contributed by atoms with E-state index < -0.39 is 12.1 Å². The number of fused-ring (bicyclic) bond motifs is 5. The Bertz CT molecular complexity index is 1030. The van der Waals surface area contributed by atoms with Crippen LogP contribution in [0, 0.1) is 45.8 Å². The maximum Gasteiger partial charge on any atom is 0.331 e. The third-order valence-corrected chi connectivity index (χ3v) is 14.9. The highest BCUT2D eigenvalue weighted by atomic mass is 79.9. The van der Waals surface area contributed by atoms with Crippen molar-refractivity contribution in [2.45, 2.75) is 131 Å². The molecule has 4 fully saturated rings. The van der Waals surface area contributed by atoms with Crippen LogP contribution in [0.25, 0.3) is 0 Å². The van der Waals surface area contributed by atoms with Crippen molar-refractivity contribution in [1.82, 2.24) is 0 Å². The molecule has 0 saturated heterocycles. The number of carboxylic acids is 1. The fraction of sp³-hybridized carbons (Fsp3) is 0.853. The Morgan fingerprint density at radius 2 is 1.73 bits per heavy atom. The Kier molecular flexibility index (Phi) is 9.78. The fourth-order valence-electron chi connectivity index (χ4n) is 10.1. The van der Waals surface area contributed by atoms with Gasteiger partial charge in [-0.15, -0.1) is 0 Å². The SMILES string of the molecule is CC(C)=C(Br)CC/C(C(=O)O)=C1\C2C[C@@H](O)[C@H]3[C@@]4(C)CC[C@@H](O)[C@@H](C)C4CC[C@]3(C)[C@@]2(C)C[C@@H]1SCCC(C)C. The number of carboxylic acid groups (broad SMARTS) is 1. The molecule has 0 aromatic carbocycles. The summed E-state index contributed by atoms with van der Waals surface area (Å²) < 4.78 is 1.09. The minimum atomic E-state index is -0.782. The first-order chi connectivity index (χ1) is 18.6. The topological polar surface area (TPSA) is 77.8 Å². The number of aliphatic hydroxyl groups excluding tert-OH is 2. The monoisotopic (exact) mass is 638 g/mol. The number of allylic oxidation sites excluding steroid dienone is 2. The molecule has 6 heteroatoms. The smallest absolute Gasteiger partial charge is 0.331 e. The van der Waals surface area contributed by atoms with Gasteiger partial charge < -0.3 is 15.3 Å². The van der Waals surface area contributed by atoms with Crippen LogP contribution in [0.15, 0.2) is 21.2 Å². The molecule has 0 amide bonds. The van der Waals surface area contributed by atoms with Crippen LogP contribution in [0.4, 0.5) is 0 Å². The average Bonchev–Trinajstić information content (AvgIpc) is 3.13. The lowest BCUT2D eigenvalue weighted by atomic mass is 9.36. The zero-order valence-electron chi connectivity index (χ0n) is 26.2. The van der Waals surface area contributed by atoms with Gasteiger partial charge in [-0.05, 0) is 133 Å². The second-order valence-electron chi connectivity index (χ2n) is 15.2. The number of aliphatic hydroxyl groups is 2. The molecule has 4 aliphatic rings. The molecule has 228 valence electrons. The van der Waals surface area contributed by atoms with E-state index in [1.54, 1.807) is 0 Å². The van der Waals surface area contributed by atoms with Gasteiger partial charge in [0.2, 0.25) is 0 Å². The number of thioether (sulfide) groups is 1. The number of hydrogen-bond donors (Lipinski definition) is 3. The predicted molar refractivity (Wildman–Crippen MR) is 171 cm³/mol. The van der Waals surface area contributed by atoms with Crippen LogP contribution in [0.2, 0.25) is 0 Å². The lowest BCUT2D eigenvalue weighted by Crippen LogP contribution is -2.65. The van der Waals surface area contributed by atoms with E-state index in [-0.39, 0.29) is 45.4 Å². The van der Waals surface area contributed by atoms with E-state index >= 15 is 0 Å². The summed E-state index contributed by atoms with van der Waals surface area (Å²) in [7, 11) is 0. The average molecular weight is 640 g/mol. The Morgan fingerprint density at radius 3 is 2.33 bits per heavy atom. The van der Waals surface area contributed by atoms with Crippen LogP contribution in [-0.2, 0) is 4.79 Å². The molecule has 40 heavy (non-hydrogen) atoms. The zero-order valence-corrected chi connectivity index (χ0v) is 28.6. The Hall–Kier alpha value is -0.300. The third kappa shape index (κ3) is 5.43. The second kappa shape index (κ2) is 12.0. The second-order valence-corrected chi connectivity index (χ2v) is 17.4. The summed E-state index contributed by atoms with van der Waals surface area (Å²) in [5.74, 6) is 1.81. The molecule has 4 nitrogen and oxygen atoms in total. The van der Waals surface area contributed by atoms with E-state index in [1.165, 1.54) is 5.57 Å². The van der Waals surface area contributed by atoms with Crippen LogP contribution in [0.1, 0.15) is 113 Å². The first-order valence-corrected chi connectivity index (χ1v) is 17.7. The number of rotatable bonds is 8. The van der Waals surface area contributed by atoms with Crippen LogP contribution < -0.4 is 0 Å². The van der Waals surface area contributed by atoms with Crippen molar-refractivity contribution in [2.24, 2.45) is 45.8 Å². The van der Waals surface area contributed by atoms with Crippen molar-refractivity contribution in [3.8, 4) is 0 Å². The predicted octanol–water partition coefficient (Wildman–Crippen LogP) is 8.60. The summed E-state index contributed by atoms with van der Waals surface area (Å²) in [4.78, 5) is 12.9. The zero-order chi connectivity index (χ0) is 29.8. The van der Waals surface area contributed by atoms with Gasteiger partial charge >= 0.3 is 5.97 Å². The van der Waals surface area contributed by atoms with Gasteiger partial charge in [0, 0.05) is 10.8 Å². The molecule has 0 spiro atoms. The van der Waals surface area contributed by atoms with Crippen LogP contribution in [0.5, 0.6) is 0 Å². The highest BCUT2D eigenvalue weighted by Crippen LogP contribution is 2.75. The van der Waals surface area contributed by atoms with Crippen molar-refractivity contribution in [3.63, 3.8) is 0 Å². The van der Waals surface area contributed by atoms with Crippen molar-refractivity contribution in [1.29, 1.82) is 0 Å². The van der Waals surface area contributed by atoms with Crippen molar-refractivity contribution >= 4 is 33.7 Å². The Morgan fingerprint density at radius 1 is 1.05 bits per heavy atom. The maximum absolute atomic E-state index is 12.9. The van der Waals surface area contributed by atoms with Crippen LogP contribution in [-0.4, -0.2) is 44.5 Å². The molecule has 0 aromatic heterocycles. The quantitative estimate of drug-likeness (QED) is 0.232. The number of halogens is 1. The molecule has 2 unspecified atom stereocenters. The van der Waals surface area contributed by atoms with Crippen molar-refractivity contribution in [3.05, 3.63) is 21.2 Å². The molecule has 4 aliphatic carbocycles. The standard InChI is InChI=1S/C34H55BrO4S/c1-19(2)13-16-40-28-18-34(8)24(29(28)22(31(38)39)9-10-25(35)20(3)4)17-27(37)30-32(6)14-12-26(36)21(5)23(32)11-15-33(30,34)7/h19,21,23-24,26-28,30,36-37H,9-18H2,1-8H3,(H,38,39)/b29-22-/t21-,23?,24?,26+,27+,28-,30-,32-,33-,34-/m0/s1. The van der Waals surface area contributed by atoms with Gasteiger partial charge in [0.05, 0.1) is 12.2 Å². The molecule has 10 atom stereocenters. The highest BCUT2D eigenvalue weighted by molar-refractivity contribution is 9.11. The van der Waals surface area contributed by atoms with Gasteiger partial charge in [-0.25, -0.2) is 4.79 Å². The van der Waals surface area contributed by atoms with E-state index in [0.29, 0.717) is 36.7 Å². The summed E-state index contributed by atoms with van der Waals surface area (Å²) in [5.41, 5.74) is 2.77. The molecule has 0 heterocycles. The van der Waals surface area contributed by atoms with Gasteiger partial charge in [-0.1, -0.05) is 63.0 Å². The minimum absolute atomic E-state index is 0.00423. The summed E-state index contributed by atoms with van der Waals surface area (Å²) >= 11 is 5.67. The van der Waals surface area contributed by atoms with E-state index in [9.17, 15) is 20.1 Å². The molecule has 0 bridgehead atoms. The molecule has 0 aromatic rings. The third-order valence-electron chi connectivity index (χ3n) is 12.5. The van der Waals surface area contributed by atoms with E-state index in [4.69, 9.17) is 0 Å². The molecule has 0 radical (unpaired) electrons. The lowest BCUT2D eigenvalue weighted by Gasteiger charge is -2.69. The summed E-state index contributed by atoms with van der Waals surface area (Å²) in [5, 5.41) is 33.7. The van der Waals surface area contributed by atoms with E-state index in [1.807, 2.05) is 11.8 Å². The van der Waals surface area contributed by atoms with Gasteiger partial charge in [-0.3, -0.25) is 0 Å². The van der Waals surface area contributed by atoms with Crippen molar-refractivity contribution < 1.29 is 20.1 Å². The molecule has 4 rings (SSSR count). The van der Waals surface area contributed by atoms with Gasteiger partial charge in [0.15, 0.2) is 0 Å². The molecular formula is C34H55BrO4S. The lowest BCUT2D eigenvalue weighted by molar-refractivity contribution is -0.233. The molecule has 0 aliphatic heterocycles. The van der Waals surface area contributed by atoms with Crippen molar-refractivity contribution in [2.75, 3.05) is 5.75 Å². The number of carbonyl (C=O) groups is 1. The number of hydrogen-bond acceptors (Lipinski definition) is 4. The largest absolute Gasteiger partial charge is 0.478 e. The summed E-state index contributed by atoms with van der Waals surface area (Å²) in [6, 6.07) is 0.